The van der Waals surface area contributed by atoms with Crippen molar-refractivity contribution < 1.29 is 8.78 Å². The monoisotopic (exact) mass is 275 g/mol. The number of halogens is 3. The Morgan fingerprint density at radius 3 is 2.93 bits per heavy atom. The van der Waals surface area contributed by atoms with E-state index in [1.165, 1.54) is 6.07 Å². The van der Waals surface area contributed by atoms with Gasteiger partial charge in [-0.3, -0.25) is 4.90 Å². The van der Waals surface area contributed by atoms with Crippen LogP contribution in [0, 0.1) is 5.82 Å². The summed E-state index contributed by atoms with van der Waals surface area (Å²) in [5.41, 5.74) is 0.879. The van der Waals surface area contributed by atoms with Crippen LogP contribution in [-0.2, 0) is 6.54 Å². The summed E-state index contributed by atoms with van der Waals surface area (Å²) in [5, 5.41) is 0. The molecule has 15 heavy (non-hydrogen) atoms. The third kappa shape index (κ3) is 2.55. The number of rotatable bonds is 2. The van der Waals surface area contributed by atoms with E-state index in [2.05, 4.69) is 15.9 Å². The predicted octanol–water partition coefficient (Wildman–Crippen LogP) is 3.13. The van der Waals surface area contributed by atoms with Crippen LogP contribution in [0.1, 0.15) is 12.0 Å². The smallest absolute Gasteiger partial charge is 0.137 e. The van der Waals surface area contributed by atoms with Gasteiger partial charge in [-0.05, 0) is 34.0 Å². The van der Waals surface area contributed by atoms with Gasteiger partial charge in [-0.2, -0.15) is 0 Å². The summed E-state index contributed by atoms with van der Waals surface area (Å²) in [4.78, 5) is 2.00. The molecule has 0 unspecified atom stereocenters. The molecule has 0 bridgehead atoms. The van der Waals surface area contributed by atoms with Crippen molar-refractivity contribution in [3.8, 4) is 0 Å². The van der Waals surface area contributed by atoms with E-state index in [9.17, 15) is 8.78 Å². The molecule has 1 aliphatic rings. The maximum absolute atomic E-state index is 13.2. The molecule has 1 fully saturated rings. The second-order valence-electron chi connectivity index (χ2n) is 3.83. The van der Waals surface area contributed by atoms with E-state index >= 15 is 0 Å². The highest BCUT2D eigenvalue weighted by molar-refractivity contribution is 9.10. The molecule has 1 aromatic rings. The molecule has 0 amide bonds. The molecule has 1 heterocycles. The zero-order valence-electron chi connectivity index (χ0n) is 8.22. The fourth-order valence-corrected chi connectivity index (χ4v) is 2.23. The topological polar surface area (TPSA) is 3.24 Å². The van der Waals surface area contributed by atoms with Gasteiger partial charge in [0.25, 0.3) is 0 Å². The van der Waals surface area contributed by atoms with Crippen molar-refractivity contribution >= 4 is 15.9 Å². The first kappa shape index (κ1) is 11.0. The minimum Gasteiger partial charge on any atom is -0.296 e. The molecule has 1 aromatic carbocycles. The minimum atomic E-state index is -0.725. The summed E-state index contributed by atoms with van der Waals surface area (Å²) >= 11 is 3.21. The van der Waals surface area contributed by atoms with Crippen molar-refractivity contribution in [2.24, 2.45) is 0 Å². The third-order valence-electron chi connectivity index (χ3n) is 2.64. The highest BCUT2D eigenvalue weighted by Crippen LogP contribution is 2.23. The lowest BCUT2D eigenvalue weighted by atomic mass is 10.2. The molecule has 0 aromatic heterocycles. The van der Waals surface area contributed by atoms with Gasteiger partial charge in [0.2, 0.25) is 0 Å². The molecule has 1 atom stereocenters. The van der Waals surface area contributed by atoms with Gasteiger partial charge in [-0.15, -0.1) is 0 Å². The van der Waals surface area contributed by atoms with Gasteiger partial charge >= 0.3 is 0 Å². The summed E-state index contributed by atoms with van der Waals surface area (Å²) in [6, 6.07) is 4.95. The van der Waals surface area contributed by atoms with Gasteiger partial charge < -0.3 is 0 Å². The van der Waals surface area contributed by atoms with E-state index in [0.717, 1.165) is 12.1 Å². The Morgan fingerprint density at radius 1 is 1.47 bits per heavy atom. The maximum atomic E-state index is 13.2. The predicted molar refractivity (Wildman–Crippen MR) is 58.9 cm³/mol. The van der Waals surface area contributed by atoms with Gasteiger partial charge in [0.05, 0.1) is 4.47 Å². The van der Waals surface area contributed by atoms with Crippen molar-refractivity contribution in [3.05, 3.63) is 34.1 Å². The summed E-state index contributed by atoms with van der Waals surface area (Å²) in [5.74, 6) is -0.261. The van der Waals surface area contributed by atoms with Crippen molar-refractivity contribution in [1.82, 2.24) is 4.90 Å². The maximum Gasteiger partial charge on any atom is 0.137 e. The van der Waals surface area contributed by atoms with E-state index in [1.807, 2.05) is 11.0 Å². The van der Waals surface area contributed by atoms with Crippen molar-refractivity contribution in [3.63, 3.8) is 0 Å². The number of nitrogens with zero attached hydrogens (tertiary/aromatic N) is 1. The van der Waals surface area contributed by atoms with Crippen LogP contribution in [0.5, 0.6) is 0 Å². The standard InChI is InChI=1S/C11H12BrF2N/c12-11-8(2-1-3-10(11)14)6-15-5-4-9(13)7-15/h1-3,9H,4-7H2/t9-/m1/s1. The normalized spacial score (nSPS) is 22.2. The number of hydrogen-bond acceptors (Lipinski definition) is 1. The fraction of sp³-hybridized carbons (Fsp3) is 0.455. The van der Waals surface area contributed by atoms with Crippen LogP contribution < -0.4 is 0 Å². The van der Waals surface area contributed by atoms with Crippen molar-refractivity contribution in [1.29, 1.82) is 0 Å². The summed E-state index contributed by atoms with van der Waals surface area (Å²) in [7, 11) is 0. The van der Waals surface area contributed by atoms with Crippen LogP contribution in [0.25, 0.3) is 0 Å². The summed E-state index contributed by atoms with van der Waals surface area (Å²) < 4.78 is 26.6. The highest BCUT2D eigenvalue weighted by atomic mass is 79.9. The molecule has 0 N–H and O–H groups in total. The number of likely N-dealkylation sites (tertiary alicyclic amines) is 1. The second-order valence-corrected chi connectivity index (χ2v) is 4.63. The molecule has 1 aliphatic heterocycles. The van der Waals surface area contributed by atoms with Crippen LogP contribution in [0.15, 0.2) is 22.7 Å². The number of alkyl halides is 1. The first-order chi connectivity index (χ1) is 7.16. The lowest BCUT2D eigenvalue weighted by Crippen LogP contribution is -2.20. The average molecular weight is 276 g/mol. The highest BCUT2D eigenvalue weighted by Gasteiger charge is 2.22. The molecule has 0 saturated carbocycles. The fourth-order valence-electron chi connectivity index (χ4n) is 1.84. The molecule has 1 nitrogen and oxygen atoms in total. The molecule has 2 rings (SSSR count). The van der Waals surface area contributed by atoms with E-state index in [-0.39, 0.29) is 5.82 Å². The lowest BCUT2D eigenvalue weighted by molar-refractivity contribution is 0.282. The molecule has 4 heteroatoms. The van der Waals surface area contributed by atoms with Crippen LogP contribution in [0.2, 0.25) is 0 Å². The van der Waals surface area contributed by atoms with E-state index in [0.29, 0.717) is 24.0 Å². The van der Waals surface area contributed by atoms with E-state index in [1.54, 1.807) is 6.07 Å². The molecular formula is C11H12BrF2N. The molecule has 0 radical (unpaired) electrons. The third-order valence-corrected chi connectivity index (χ3v) is 3.53. The zero-order valence-corrected chi connectivity index (χ0v) is 9.80. The molecular weight excluding hydrogens is 264 g/mol. The minimum absolute atomic E-state index is 0.261. The van der Waals surface area contributed by atoms with Gasteiger partial charge in [0.15, 0.2) is 0 Å². The zero-order chi connectivity index (χ0) is 10.8. The first-order valence-electron chi connectivity index (χ1n) is 4.96. The summed E-state index contributed by atoms with van der Waals surface area (Å²) in [6.45, 7) is 1.83. The van der Waals surface area contributed by atoms with E-state index in [4.69, 9.17) is 0 Å². The Hall–Kier alpha value is -0.480. The van der Waals surface area contributed by atoms with Crippen LogP contribution in [-0.4, -0.2) is 24.2 Å². The number of benzene rings is 1. The second kappa shape index (κ2) is 4.58. The van der Waals surface area contributed by atoms with Crippen molar-refractivity contribution in [2.75, 3.05) is 13.1 Å². The van der Waals surface area contributed by atoms with Gasteiger partial charge in [-0.25, -0.2) is 8.78 Å². The van der Waals surface area contributed by atoms with Gasteiger partial charge in [0, 0.05) is 19.6 Å². The Bertz CT molecular complexity index is 356. The largest absolute Gasteiger partial charge is 0.296 e. The molecule has 0 aliphatic carbocycles. The van der Waals surface area contributed by atoms with Crippen molar-refractivity contribution in [2.45, 2.75) is 19.1 Å². The first-order valence-corrected chi connectivity index (χ1v) is 5.75. The quantitative estimate of drug-likeness (QED) is 0.802. The Morgan fingerprint density at radius 2 is 2.27 bits per heavy atom. The SMILES string of the molecule is Fc1cccc(CN2CC[C@@H](F)C2)c1Br. The lowest BCUT2D eigenvalue weighted by Gasteiger charge is -2.15. The van der Waals surface area contributed by atoms with Crippen LogP contribution >= 0.6 is 15.9 Å². The Balaban J connectivity index is 2.07. The van der Waals surface area contributed by atoms with Crippen LogP contribution in [0.4, 0.5) is 8.78 Å². The molecule has 0 spiro atoms. The van der Waals surface area contributed by atoms with Gasteiger partial charge in [-0.1, -0.05) is 12.1 Å². The Labute approximate surface area is 96.2 Å². The average Bonchev–Trinajstić information content (AvgIpc) is 2.59. The number of hydrogen-bond donors (Lipinski definition) is 0. The van der Waals surface area contributed by atoms with Crippen LogP contribution in [0.3, 0.4) is 0 Å². The van der Waals surface area contributed by atoms with Gasteiger partial charge in [0.1, 0.15) is 12.0 Å². The van der Waals surface area contributed by atoms with E-state index < -0.39 is 6.17 Å². The summed E-state index contributed by atoms with van der Waals surface area (Å²) in [6.07, 6.45) is -0.134. The Kier molecular flexibility index (Phi) is 3.36. The molecule has 1 saturated heterocycles. The molecule has 82 valence electrons.